The lowest BCUT2D eigenvalue weighted by Crippen LogP contribution is -2.57. The quantitative estimate of drug-likeness (QED) is 0.115. The molecular formula is C67H77F2N11O5. The summed E-state index contributed by atoms with van der Waals surface area (Å²) in [7, 11) is 0. The Balaban J connectivity index is 0.000000160. The minimum absolute atomic E-state index is 0.00965. The Morgan fingerprint density at radius 1 is 0.671 bits per heavy atom. The summed E-state index contributed by atoms with van der Waals surface area (Å²) in [6, 6.07) is 10.9. The molecule has 8 aliphatic rings. The second kappa shape index (κ2) is 22.8. The zero-order valence-electron chi connectivity index (χ0n) is 49.5. The molecule has 4 bridgehead atoms. The lowest BCUT2D eigenvalue weighted by molar-refractivity contribution is 0.0122. The van der Waals surface area contributed by atoms with Crippen molar-refractivity contribution in [3.8, 4) is 65.0 Å². The van der Waals surface area contributed by atoms with Gasteiger partial charge in [0.25, 0.3) is 0 Å². The summed E-state index contributed by atoms with van der Waals surface area (Å²) < 4.78 is 51.6. The number of phenolic OH excluding ortho intramolecular Hbond substituents is 1. The number of benzene rings is 2. The number of amides is 1. The molecule has 1 N–H and O–H groups in total. The molecule has 1 aliphatic carbocycles. The maximum atomic E-state index is 16.7. The maximum absolute atomic E-state index is 16.7. The van der Waals surface area contributed by atoms with E-state index in [4.69, 9.17) is 42.0 Å². The first-order chi connectivity index (χ1) is 41.1. The lowest BCUT2D eigenvalue weighted by Gasteiger charge is -2.42. The van der Waals surface area contributed by atoms with Gasteiger partial charge in [-0.3, -0.25) is 24.7 Å². The van der Waals surface area contributed by atoms with Crippen LogP contribution < -0.4 is 19.3 Å². The lowest BCUT2D eigenvalue weighted by atomic mass is 9.95. The van der Waals surface area contributed by atoms with Crippen LogP contribution in [0, 0.1) is 55.1 Å². The Hall–Kier alpha value is -7.41. The molecule has 18 heteroatoms. The van der Waals surface area contributed by atoms with Gasteiger partial charge in [0.2, 0.25) is 0 Å². The molecule has 8 fully saturated rings. The highest BCUT2D eigenvalue weighted by molar-refractivity contribution is 5.93. The summed E-state index contributed by atoms with van der Waals surface area (Å²) >= 11 is 0. The highest BCUT2D eigenvalue weighted by Gasteiger charge is 2.48. The zero-order valence-corrected chi connectivity index (χ0v) is 49.5. The Morgan fingerprint density at radius 2 is 1.14 bits per heavy atom. The number of piperazine rings is 1. The van der Waals surface area contributed by atoms with Crippen LogP contribution in [-0.4, -0.2) is 150 Å². The van der Waals surface area contributed by atoms with Crippen molar-refractivity contribution >= 4 is 39.5 Å². The molecule has 85 heavy (non-hydrogen) atoms. The van der Waals surface area contributed by atoms with Crippen LogP contribution in [0.3, 0.4) is 0 Å². The van der Waals surface area contributed by atoms with Crippen LogP contribution in [-0.2, 0) is 17.6 Å². The van der Waals surface area contributed by atoms with Crippen molar-refractivity contribution in [2.75, 3.05) is 75.4 Å². The molecule has 1 saturated carbocycles. The van der Waals surface area contributed by atoms with E-state index < -0.39 is 17.2 Å². The van der Waals surface area contributed by atoms with E-state index in [0.29, 0.717) is 84.5 Å². The number of piperidine rings is 1. The summed E-state index contributed by atoms with van der Waals surface area (Å²) in [4.78, 5) is 52.9. The summed E-state index contributed by atoms with van der Waals surface area (Å²) in [5, 5.41) is 11.3. The third-order valence-electron chi connectivity index (χ3n) is 19.6. The smallest absolute Gasteiger partial charge is 0.410 e. The Bertz CT molecular complexity index is 3610. The fourth-order valence-corrected chi connectivity index (χ4v) is 15.6. The number of fused-ring (bicyclic) bond motifs is 8. The van der Waals surface area contributed by atoms with Gasteiger partial charge < -0.3 is 29.1 Å². The van der Waals surface area contributed by atoms with Crippen LogP contribution >= 0.6 is 0 Å². The highest BCUT2D eigenvalue weighted by Crippen LogP contribution is 2.45. The fraction of sp³-hybridized carbons (Fsp3) is 0.537. The molecule has 444 valence electrons. The number of aromatic hydroxyl groups is 1. The molecule has 16 nitrogen and oxygen atoms in total. The van der Waals surface area contributed by atoms with Gasteiger partial charge in [-0.1, -0.05) is 23.8 Å². The number of halogens is 2. The third-order valence-corrected chi connectivity index (χ3v) is 19.6. The van der Waals surface area contributed by atoms with Crippen molar-refractivity contribution < 1.29 is 32.9 Å². The first kappa shape index (κ1) is 56.7. The van der Waals surface area contributed by atoms with Crippen molar-refractivity contribution in [3.05, 3.63) is 77.1 Å². The van der Waals surface area contributed by atoms with E-state index in [1.165, 1.54) is 38.2 Å². The van der Waals surface area contributed by atoms with Gasteiger partial charge in [-0.2, -0.15) is 19.9 Å². The molecule has 4 atom stereocenters. The first-order valence-corrected chi connectivity index (χ1v) is 30.9. The first-order valence-electron chi connectivity index (χ1n) is 30.9. The van der Waals surface area contributed by atoms with Crippen LogP contribution in [0.5, 0.6) is 17.8 Å². The topological polar surface area (TPSA) is 159 Å². The number of pyridine rings is 2. The molecule has 4 unspecified atom stereocenters. The normalized spacial score (nSPS) is 22.9. The highest BCUT2D eigenvalue weighted by atomic mass is 19.1. The van der Waals surface area contributed by atoms with Crippen LogP contribution in [0.1, 0.15) is 121 Å². The predicted octanol–water partition coefficient (Wildman–Crippen LogP) is 10.9. The number of ether oxygens (including phenoxy) is 3. The third kappa shape index (κ3) is 10.9. The van der Waals surface area contributed by atoms with Gasteiger partial charge >= 0.3 is 18.1 Å². The number of rotatable bonds is 12. The second-order valence-corrected chi connectivity index (χ2v) is 26.3. The minimum Gasteiger partial charge on any atom is -0.508 e. The number of nitrogens with zero attached hydrogens (tertiary/aromatic N) is 11. The molecule has 11 heterocycles. The number of carbonyl (C=O) groups is 1. The van der Waals surface area contributed by atoms with Crippen LogP contribution in [0.2, 0.25) is 0 Å². The zero-order chi connectivity index (χ0) is 58.8. The van der Waals surface area contributed by atoms with E-state index in [0.717, 1.165) is 107 Å². The van der Waals surface area contributed by atoms with Gasteiger partial charge in [0.15, 0.2) is 11.6 Å². The number of carbonyl (C=O) groups excluding carboxylic acids is 1. The van der Waals surface area contributed by atoms with Crippen molar-refractivity contribution in [1.29, 1.82) is 0 Å². The summed E-state index contributed by atoms with van der Waals surface area (Å²) in [6.07, 6.45) is 29.5. The largest absolute Gasteiger partial charge is 0.508 e. The number of aromatic nitrogens is 6. The van der Waals surface area contributed by atoms with E-state index in [1.807, 2.05) is 50.8 Å². The molecule has 2 aromatic carbocycles. The Kier molecular flexibility index (Phi) is 15.2. The number of phenols is 1. The van der Waals surface area contributed by atoms with E-state index in [-0.39, 0.29) is 69.4 Å². The van der Waals surface area contributed by atoms with Gasteiger partial charge in [-0.25, -0.2) is 13.6 Å². The Labute approximate surface area is 497 Å². The molecule has 4 aromatic heterocycles. The van der Waals surface area contributed by atoms with Gasteiger partial charge in [0.05, 0.1) is 33.9 Å². The molecule has 7 aliphatic heterocycles. The molecule has 7 saturated heterocycles. The SMILES string of the molecule is C#CCc1ccc(C)cc1-c1ncc2c(N3CC4CCC(C3)N4C(=O)OC(C)(C)C)nc(OCC34CCCN3CCC4)nc2c1F.C#CCc1ccc(O)cc1-c1ncc2c(N3CC4CCC(C4)C3)nc(OCC34CCCN3CCC4)nc2c1F. The number of aryl methyl sites for hydroxylation is 1. The Morgan fingerprint density at radius 3 is 1.62 bits per heavy atom. The van der Waals surface area contributed by atoms with E-state index in [1.54, 1.807) is 24.5 Å². The predicted molar refractivity (Wildman–Crippen MR) is 324 cm³/mol. The number of terminal acetylenes is 2. The van der Waals surface area contributed by atoms with Crippen LogP contribution in [0.15, 0.2) is 48.8 Å². The molecule has 0 radical (unpaired) electrons. The maximum Gasteiger partial charge on any atom is 0.410 e. The van der Waals surface area contributed by atoms with Gasteiger partial charge in [-0.05, 0) is 179 Å². The van der Waals surface area contributed by atoms with Gasteiger partial charge in [0.1, 0.15) is 58.6 Å². The van der Waals surface area contributed by atoms with Crippen molar-refractivity contribution in [3.63, 3.8) is 0 Å². The molecule has 6 aromatic rings. The summed E-state index contributed by atoms with van der Waals surface area (Å²) in [6.45, 7) is 15.9. The average molecular weight is 1150 g/mol. The van der Waals surface area contributed by atoms with Gasteiger partial charge in [-0.15, -0.1) is 24.7 Å². The van der Waals surface area contributed by atoms with E-state index >= 15 is 8.78 Å². The number of hydrogen-bond acceptors (Lipinski definition) is 15. The average Bonchev–Trinajstić information content (AvgIpc) is 1.89. The summed E-state index contributed by atoms with van der Waals surface area (Å²) in [5.74, 6) is 6.82. The van der Waals surface area contributed by atoms with Gasteiger partial charge in [0, 0.05) is 62.5 Å². The van der Waals surface area contributed by atoms with Crippen molar-refractivity contribution in [2.45, 2.75) is 153 Å². The molecule has 0 spiro atoms. The van der Waals surface area contributed by atoms with Crippen molar-refractivity contribution in [2.24, 2.45) is 11.8 Å². The van der Waals surface area contributed by atoms with Crippen LogP contribution in [0.25, 0.3) is 44.3 Å². The minimum atomic E-state index is -0.575. The molecular weight excluding hydrogens is 1080 g/mol. The molecule has 1 amide bonds. The van der Waals surface area contributed by atoms with E-state index in [2.05, 4.69) is 46.4 Å². The number of hydrogen-bond donors (Lipinski definition) is 1. The van der Waals surface area contributed by atoms with E-state index in [9.17, 15) is 9.90 Å². The standard InChI is InChI=1S/C36H43FN6O3.C31H34FN5O2/c1-6-9-24-11-10-23(2)18-27(24)30-29(37)31-28(19-38-30)32(40-33(39-31)45-22-36-14-7-16-42(36)17-8-15-36)41-20-25-12-13-26(21-41)43(25)34(44)46-35(3,4)5;1-2-5-22-8-9-23(38)15-24(22)27-26(32)28-25(16-33-27)29(36-17-20-6-7-21(14-20)18-36)35-30(34-28)39-19-31-10-3-12-37(31)13-4-11-31/h1,10-11,18-19,25-26H,7-9,12-17,20-22H2,2-5H3;1,8-9,15-16,20-21,38H,3-7,10-14,17-19H2. The van der Waals surface area contributed by atoms with Crippen LogP contribution in [0.4, 0.5) is 25.2 Å². The second-order valence-electron chi connectivity index (χ2n) is 26.3. The number of anilines is 2. The summed E-state index contributed by atoms with van der Waals surface area (Å²) in [5.41, 5.74) is 3.83. The fourth-order valence-electron chi connectivity index (χ4n) is 15.6. The van der Waals surface area contributed by atoms with Crippen molar-refractivity contribution in [1.82, 2.24) is 44.6 Å². The molecule has 14 rings (SSSR count). The monoisotopic (exact) mass is 1150 g/mol.